The van der Waals surface area contributed by atoms with Crippen LogP contribution in [0, 0.1) is 0 Å². The number of hydrogen-bond donors (Lipinski definition) is 1. The van der Waals surface area contributed by atoms with Crippen molar-refractivity contribution in [2.24, 2.45) is 0 Å². The zero-order valence-electron chi connectivity index (χ0n) is 11.7. The highest BCUT2D eigenvalue weighted by molar-refractivity contribution is 5.78. The molecule has 1 saturated heterocycles. The Morgan fingerprint density at radius 3 is 2.76 bits per heavy atom. The zero-order chi connectivity index (χ0) is 12.8. The number of carbonyl (C=O) groups is 1. The number of nitrogens with zero attached hydrogens (tertiary/aromatic N) is 2. The molecule has 0 spiro atoms. The minimum Gasteiger partial charge on any atom is -0.342 e. The molecule has 100 valence electrons. The molecule has 0 aliphatic carbocycles. The van der Waals surface area contributed by atoms with Gasteiger partial charge in [-0.25, -0.2) is 0 Å². The second kappa shape index (κ2) is 6.97. The van der Waals surface area contributed by atoms with E-state index in [2.05, 4.69) is 17.3 Å². The van der Waals surface area contributed by atoms with Crippen molar-refractivity contribution in [3.8, 4) is 0 Å². The average Bonchev–Trinajstić information content (AvgIpc) is 2.30. The Labute approximate surface area is 105 Å². The summed E-state index contributed by atoms with van der Waals surface area (Å²) in [5, 5.41) is 3.29. The van der Waals surface area contributed by atoms with E-state index in [0.29, 0.717) is 12.6 Å². The molecule has 1 aliphatic heterocycles. The molecule has 0 bridgehead atoms. The molecule has 0 saturated carbocycles. The van der Waals surface area contributed by atoms with Crippen LogP contribution in [0.4, 0.5) is 0 Å². The Morgan fingerprint density at radius 1 is 1.47 bits per heavy atom. The maximum absolute atomic E-state index is 11.8. The molecule has 1 N–H and O–H groups in total. The molecule has 1 rings (SSSR count). The van der Waals surface area contributed by atoms with Crippen molar-refractivity contribution < 1.29 is 4.79 Å². The molecule has 1 amide bonds. The van der Waals surface area contributed by atoms with E-state index >= 15 is 0 Å². The van der Waals surface area contributed by atoms with Crippen LogP contribution < -0.4 is 5.32 Å². The number of hydrogen-bond acceptors (Lipinski definition) is 3. The summed E-state index contributed by atoms with van der Waals surface area (Å²) in [4.78, 5) is 15.9. The van der Waals surface area contributed by atoms with E-state index in [4.69, 9.17) is 0 Å². The fraction of sp³-hybridized carbons (Fsp3) is 0.923. The molecule has 1 fully saturated rings. The van der Waals surface area contributed by atoms with Gasteiger partial charge in [-0.15, -0.1) is 0 Å². The number of nitrogens with one attached hydrogen (secondary N) is 1. The fourth-order valence-electron chi connectivity index (χ4n) is 2.16. The van der Waals surface area contributed by atoms with Crippen LogP contribution in [0.25, 0.3) is 0 Å². The van der Waals surface area contributed by atoms with Gasteiger partial charge in [0, 0.05) is 25.7 Å². The Kier molecular flexibility index (Phi) is 5.92. The quantitative estimate of drug-likeness (QED) is 0.778. The Balaban J connectivity index is 2.20. The van der Waals surface area contributed by atoms with Crippen molar-refractivity contribution >= 4 is 5.91 Å². The van der Waals surface area contributed by atoms with Gasteiger partial charge in [0.15, 0.2) is 0 Å². The van der Waals surface area contributed by atoms with E-state index in [1.807, 2.05) is 20.9 Å². The maximum Gasteiger partial charge on any atom is 0.236 e. The number of likely N-dealkylation sites (tertiary alicyclic amines) is 1. The lowest BCUT2D eigenvalue weighted by atomic mass is 10.0. The van der Waals surface area contributed by atoms with Gasteiger partial charge in [-0.2, -0.15) is 0 Å². The number of amides is 1. The van der Waals surface area contributed by atoms with Crippen LogP contribution in [-0.2, 0) is 4.79 Å². The number of carbonyl (C=O) groups excluding carboxylic acids is 1. The van der Waals surface area contributed by atoms with Gasteiger partial charge in [-0.05, 0) is 40.3 Å². The van der Waals surface area contributed by atoms with E-state index < -0.39 is 0 Å². The van der Waals surface area contributed by atoms with Crippen LogP contribution >= 0.6 is 0 Å². The second-order valence-corrected chi connectivity index (χ2v) is 5.36. The van der Waals surface area contributed by atoms with E-state index in [-0.39, 0.29) is 11.9 Å². The predicted molar refractivity (Wildman–Crippen MR) is 71.0 cm³/mol. The highest BCUT2D eigenvalue weighted by Gasteiger charge is 2.19. The lowest BCUT2D eigenvalue weighted by Gasteiger charge is -2.32. The monoisotopic (exact) mass is 241 g/mol. The Morgan fingerprint density at radius 2 is 2.18 bits per heavy atom. The highest BCUT2D eigenvalue weighted by Crippen LogP contribution is 2.13. The number of rotatable bonds is 5. The van der Waals surface area contributed by atoms with Gasteiger partial charge in [-0.1, -0.05) is 6.42 Å². The normalized spacial score (nSPS) is 21.8. The van der Waals surface area contributed by atoms with Crippen molar-refractivity contribution in [3.05, 3.63) is 0 Å². The molecule has 1 heterocycles. The largest absolute Gasteiger partial charge is 0.342 e. The van der Waals surface area contributed by atoms with Gasteiger partial charge >= 0.3 is 0 Å². The number of piperidine rings is 1. The summed E-state index contributed by atoms with van der Waals surface area (Å²) in [5.41, 5.74) is 0. The third kappa shape index (κ3) is 4.64. The van der Waals surface area contributed by atoms with Gasteiger partial charge in [-0.3, -0.25) is 4.79 Å². The number of likely N-dealkylation sites (N-methyl/N-ethyl adjacent to an activating group) is 2. The summed E-state index contributed by atoms with van der Waals surface area (Å²) in [6, 6.07) is 0.877. The molecular weight excluding hydrogens is 214 g/mol. The van der Waals surface area contributed by atoms with Crippen LogP contribution in [-0.4, -0.2) is 61.5 Å². The summed E-state index contributed by atoms with van der Waals surface area (Å²) >= 11 is 0. The average molecular weight is 241 g/mol. The smallest absolute Gasteiger partial charge is 0.236 e. The zero-order valence-corrected chi connectivity index (χ0v) is 11.7. The summed E-state index contributed by atoms with van der Waals surface area (Å²) in [5.74, 6) is 0.179. The molecule has 1 atom stereocenters. The van der Waals surface area contributed by atoms with E-state index in [1.165, 1.54) is 25.8 Å². The van der Waals surface area contributed by atoms with Gasteiger partial charge in [0.05, 0.1) is 6.54 Å². The first-order valence-corrected chi connectivity index (χ1v) is 6.69. The first-order valence-electron chi connectivity index (χ1n) is 6.69. The fourth-order valence-corrected chi connectivity index (χ4v) is 2.16. The Hall–Kier alpha value is -0.610. The second-order valence-electron chi connectivity index (χ2n) is 5.36. The van der Waals surface area contributed by atoms with Crippen molar-refractivity contribution in [1.82, 2.24) is 15.1 Å². The maximum atomic E-state index is 11.8. The van der Waals surface area contributed by atoms with E-state index in [9.17, 15) is 4.79 Å². The van der Waals surface area contributed by atoms with Gasteiger partial charge < -0.3 is 15.1 Å². The van der Waals surface area contributed by atoms with Crippen LogP contribution in [0.5, 0.6) is 0 Å². The summed E-state index contributed by atoms with van der Waals surface area (Å²) in [6.45, 7) is 6.64. The molecular formula is C13H27N3O. The van der Waals surface area contributed by atoms with E-state index in [1.54, 1.807) is 4.90 Å². The van der Waals surface area contributed by atoms with Gasteiger partial charge in [0.25, 0.3) is 0 Å². The summed E-state index contributed by atoms with van der Waals surface area (Å²) < 4.78 is 0. The molecule has 1 aliphatic rings. The topological polar surface area (TPSA) is 35.6 Å². The van der Waals surface area contributed by atoms with Gasteiger partial charge in [0.1, 0.15) is 0 Å². The lowest BCUT2D eigenvalue weighted by molar-refractivity contribution is -0.130. The molecule has 0 aromatic heterocycles. The SMILES string of the molecule is CC(C)N(C)C(=O)CNCC1CCCCN1C. The van der Waals surface area contributed by atoms with Gasteiger partial charge in [0.2, 0.25) is 5.91 Å². The van der Waals surface area contributed by atoms with E-state index in [0.717, 1.165) is 6.54 Å². The van der Waals surface area contributed by atoms with Crippen LogP contribution in [0.2, 0.25) is 0 Å². The minimum atomic E-state index is 0.179. The molecule has 1 unspecified atom stereocenters. The third-order valence-electron chi connectivity index (χ3n) is 3.75. The lowest BCUT2D eigenvalue weighted by Crippen LogP contribution is -2.46. The molecule has 0 aromatic carbocycles. The standard InChI is InChI=1S/C13H27N3O/c1-11(2)16(4)13(17)10-14-9-12-7-5-6-8-15(12)3/h11-12,14H,5-10H2,1-4H3. The molecule has 4 nitrogen and oxygen atoms in total. The minimum absolute atomic E-state index is 0.179. The van der Waals surface area contributed by atoms with Crippen LogP contribution in [0.15, 0.2) is 0 Å². The van der Waals surface area contributed by atoms with Crippen molar-refractivity contribution in [1.29, 1.82) is 0 Å². The molecule has 0 radical (unpaired) electrons. The Bertz CT molecular complexity index is 243. The highest BCUT2D eigenvalue weighted by atomic mass is 16.2. The van der Waals surface area contributed by atoms with Crippen molar-refractivity contribution in [2.75, 3.05) is 33.7 Å². The molecule has 0 aromatic rings. The van der Waals surface area contributed by atoms with Crippen molar-refractivity contribution in [2.45, 2.75) is 45.2 Å². The third-order valence-corrected chi connectivity index (χ3v) is 3.75. The first-order chi connectivity index (χ1) is 8.02. The molecule has 4 heteroatoms. The predicted octanol–water partition coefficient (Wildman–Crippen LogP) is 0.927. The van der Waals surface area contributed by atoms with Crippen LogP contribution in [0.3, 0.4) is 0 Å². The first kappa shape index (κ1) is 14.5. The van der Waals surface area contributed by atoms with Crippen LogP contribution in [0.1, 0.15) is 33.1 Å². The summed E-state index contributed by atoms with van der Waals surface area (Å²) in [7, 11) is 4.04. The van der Waals surface area contributed by atoms with Crippen molar-refractivity contribution in [3.63, 3.8) is 0 Å². The summed E-state index contributed by atoms with van der Waals surface area (Å²) in [6.07, 6.45) is 3.87. The molecule has 17 heavy (non-hydrogen) atoms.